The molecule has 43 heavy (non-hydrogen) atoms. The van der Waals surface area contributed by atoms with Crippen molar-refractivity contribution in [1.29, 1.82) is 0 Å². The predicted molar refractivity (Wildman–Crippen MR) is 173 cm³/mol. The van der Waals surface area contributed by atoms with Crippen LogP contribution in [0.3, 0.4) is 0 Å². The molecule has 0 aliphatic heterocycles. The molecule has 3 rings (SSSR count). The number of halogens is 2. The first-order chi connectivity index (χ1) is 21.0. The van der Waals surface area contributed by atoms with Gasteiger partial charge in [0.15, 0.2) is 5.75 Å². The van der Waals surface area contributed by atoms with E-state index in [1.165, 1.54) is 30.5 Å². The van der Waals surface area contributed by atoms with Gasteiger partial charge in [0.1, 0.15) is 12.5 Å². The summed E-state index contributed by atoms with van der Waals surface area (Å²) >= 11 is 1.24. The van der Waals surface area contributed by atoms with Gasteiger partial charge in [-0.2, -0.15) is 5.10 Å². The summed E-state index contributed by atoms with van der Waals surface area (Å²) in [7, 11) is 1.74. The van der Waals surface area contributed by atoms with E-state index < -0.39 is 6.67 Å². The van der Waals surface area contributed by atoms with Gasteiger partial charge in [0, 0.05) is 41.2 Å². The van der Waals surface area contributed by atoms with Crippen LogP contribution < -0.4 is 19.7 Å². The van der Waals surface area contributed by atoms with E-state index >= 15 is 0 Å². The van der Waals surface area contributed by atoms with Crippen molar-refractivity contribution in [1.82, 2.24) is 19.5 Å². The summed E-state index contributed by atoms with van der Waals surface area (Å²) < 4.78 is 39.0. The van der Waals surface area contributed by atoms with Crippen molar-refractivity contribution in [2.75, 3.05) is 43.5 Å². The van der Waals surface area contributed by atoms with Crippen LogP contribution in [0.4, 0.5) is 20.4 Å². The predicted octanol–water partition coefficient (Wildman–Crippen LogP) is 7.56. The minimum atomic E-state index is -0.497. The zero-order valence-electron chi connectivity index (χ0n) is 25.0. The molecule has 232 valence electrons. The molecular weight excluding hydrogens is 574 g/mol. The Balaban J connectivity index is 1.81. The van der Waals surface area contributed by atoms with E-state index in [0.29, 0.717) is 46.9 Å². The van der Waals surface area contributed by atoms with Crippen LogP contribution in [0.2, 0.25) is 0 Å². The summed E-state index contributed by atoms with van der Waals surface area (Å²) in [6, 6.07) is 4.90. The fourth-order valence-corrected chi connectivity index (χ4v) is 4.78. The van der Waals surface area contributed by atoms with E-state index in [-0.39, 0.29) is 11.5 Å². The van der Waals surface area contributed by atoms with Gasteiger partial charge < -0.3 is 19.8 Å². The quantitative estimate of drug-likeness (QED) is 0.0475. The first kappa shape index (κ1) is 33.6. The van der Waals surface area contributed by atoms with Crippen LogP contribution in [0.15, 0.2) is 66.4 Å². The number of allylic oxidation sites excluding steroid dienone is 6. The van der Waals surface area contributed by atoms with E-state index in [1.807, 2.05) is 26.0 Å². The molecule has 0 spiro atoms. The highest BCUT2D eigenvalue weighted by Crippen LogP contribution is 2.33. The van der Waals surface area contributed by atoms with Gasteiger partial charge in [-0.25, -0.2) is 13.8 Å². The van der Waals surface area contributed by atoms with Crippen molar-refractivity contribution in [3.8, 4) is 5.75 Å². The van der Waals surface area contributed by atoms with Crippen LogP contribution in [0.25, 0.3) is 16.6 Å². The molecule has 0 saturated heterocycles. The molecule has 1 aromatic carbocycles. The van der Waals surface area contributed by atoms with Crippen LogP contribution in [-0.2, 0) is 4.74 Å². The zero-order chi connectivity index (χ0) is 31.0. The number of unbranched alkanes of at least 4 members (excludes halogenated alkanes) is 1. The van der Waals surface area contributed by atoms with E-state index in [1.54, 1.807) is 42.1 Å². The number of nitrogens with zero attached hydrogens (tertiary/aromatic N) is 2. The van der Waals surface area contributed by atoms with E-state index in [9.17, 15) is 13.7 Å². The van der Waals surface area contributed by atoms with Gasteiger partial charge in [-0.05, 0) is 43.5 Å². The number of carbonyl (C=O) groups excluding carboxylic acids is 1. The number of hydrogen-bond donors (Lipinski definition) is 4. The number of nitrogens with one attached hydrogen (secondary N) is 4. The monoisotopic (exact) mass is 614 g/mol. The largest absolute Gasteiger partial charge is 0.373 e. The number of fused-ring (bicyclic) bond motifs is 1. The molecule has 0 saturated carbocycles. The van der Waals surface area contributed by atoms with Crippen LogP contribution >= 0.6 is 12.1 Å². The number of aromatic amines is 1. The number of alkyl halides is 1. The standard InChI is InChI=1S/C31H40F2N6O3S/c1-5-7-15-36-43-38-26-20-25-23(19-29(26)42-33)18-27(37-25)30(40)24-21-35-39(31(24)34-4)28(12-6-2)22(3)13-17-41-16-11-9-8-10-14-32/h8-13,18-21,34,36-38H,5-7,14-17H2,1-4H3/b10-8-,11-9-,22-13-,28-12+. The third-order valence-electron chi connectivity index (χ3n) is 6.39. The highest BCUT2D eigenvalue weighted by Gasteiger charge is 2.22. The number of H-pyrrole nitrogens is 1. The Morgan fingerprint density at radius 3 is 2.70 bits per heavy atom. The molecule has 0 bridgehead atoms. The summed E-state index contributed by atoms with van der Waals surface area (Å²) in [6.07, 6.45) is 14.9. The Hall–Kier alpha value is -3.87. The summed E-state index contributed by atoms with van der Waals surface area (Å²) in [6.45, 7) is 7.16. The molecule has 0 amide bonds. The molecule has 12 heteroatoms. The third kappa shape index (κ3) is 9.31. The molecule has 0 radical (unpaired) electrons. The minimum absolute atomic E-state index is 0.0178. The maximum atomic E-state index is 13.7. The number of aromatic nitrogens is 3. The highest BCUT2D eigenvalue weighted by atomic mass is 32.2. The third-order valence-corrected chi connectivity index (χ3v) is 7.06. The van der Waals surface area contributed by atoms with Crippen molar-refractivity contribution >= 4 is 46.0 Å². The van der Waals surface area contributed by atoms with Crippen LogP contribution in [0.5, 0.6) is 5.75 Å². The summed E-state index contributed by atoms with van der Waals surface area (Å²) in [5.74, 6) is 0.280. The van der Waals surface area contributed by atoms with Gasteiger partial charge in [-0.3, -0.25) is 9.74 Å². The first-order valence-corrected chi connectivity index (χ1v) is 15.0. The molecule has 0 aliphatic carbocycles. The minimum Gasteiger partial charge on any atom is -0.373 e. The second-order valence-corrected chi connectivity index (χ2v) is 10.2. The van der Waals surface area contributed by atoms with Crippen molar-refractivity contribution in [2.24, 2.45) is 0 Å². The zero-order valence-corrected chi connectivity index (χ0v) is 25.8. The summed E-state index contributed by atoms with van der Waals surface area (Å²) in [5.41, 5.74) is 3.53. The average molecular weight is 615 g/mol. The Bertz CT molecular complexity index is 1460. The van der Waals surface area contributed by atoms with Crippen LogP contribution in [-0.4, -0.2) is 54.0 Å². The van der Waals surface area contributed by atoms with Crippen molar-refractivity contribution < 1.29 is 23.4 Å². The lowest BCUT2D eigenvalue weighted by atomic mass is 10.1. The fourth-order valence-electron chi connectivity index (χ4n) is 4.20. The Morgan fingerprint density at radius 2 is 1.98 bits per heavy atom. The van der Waals surface area contributed by atoms with Crippen LogP contribution in [0, 0.1) is 0 Å². The number of ether oxygens (including phenoxy) is 1. The number of ketones is 1. The Labute approximate surface area is 255 Å². The maximum absolute atomic E-state index is 13.7. The average Bonchev–Trinajstić information content (AvgIpc) is 3.64. The normalized spacial score (nSPS) is 12.6. The summed E-state index contributed by atoms with van der Waals surface area (Å²) in [5, 5.41) is 8.29. The van der Waals surface area contributed by atoms with Gasteiger partial charge in [0.2, 0.25) is 5.78 Å². The molecule has 0 unspecified atom stereocenters. The SMILES string of the molecule is CC/C=C(\C(C)=C/COC/C=C\C=C/CF)n1ncc(C(=O)c2cc3cc(OF)c(NSNCCCC)cc3[nH]2)c1NC. The smallest absolute Gasteiger partial charge is 0.214 e. The molecule has 0 atom stereocenters. The second kappa shape index (κ2) is 17.9. The Morgan fingerprint density at radius 1 is 1.16 bits per heavy atom. The number of benzene rings is 1. The molecular formula is C31H40F2N6O3S. The Kier molecular flexibility index (Phi) is 14.0. The van der Waals surface area contributed by atoms with Gasteiger partial charge in [-0.1, -0.05) is 56.7 Å². The number of rotatable bonds is 19. The highest BCUT2D eigenvalue weighted by molar-refractivity contribution is 7.98. The van der Waals surface area contributed by atoms with E-state index in [2.05, 4.69) is 36.7 Å². The lowest BCUT2D eigenvalue weighted by Crippen LogP contribution is -2.10. The summed E-state index contributed by atoms with van der Waals surface area (Å²) in [4.78, 5) is 20.9. The van der Waals surface area contributed by atoms with Gasteiger partial charge in [0.05, 0.1) is 42.1 Å². The van der Waals surface area contributed by atoms with E-state index in [0.717, 1.165) is 37.1 Å². The molecule has 0 fully saturated rings. The fraction of sp³-hybridized carbons (Fsp3) is 0.355. The lowest BCUT2D eigenvalue weighted by Gasteiger charge is -2.13. The molecule has 3 aromatic rings. The topological polar surface area (TPSA) is 105 Å². The molecule has 4 N–H and O–H groups in total. The number of hydrogen-bond acceptors (Lipinski definition) is 8. The van der Waals surface area contributed by atoms with Crippen molar-refractivity contribution in [3.05, 3.63) is 77.7 Å². The van der Waals surface area contributed by atoms with Crippen LogP contribution in [0.1, 0.15) is 56.1 Å². The molecule has 2 aromatic heterocycles. The molecule has 0 aliphatic rings. The maximum Gasteiger partial charge on any atom is 0.214 e. The number of anilines is 2. The van der Waals surface area contributed by atoms with Crippen molar-refractivity contribution in [2.45, 2.75) is 40.0 Å². The number of carbonyl (C=O) groups is 1. The van der Waals surface area contributed by atoms with Gasteiger partial charge in [-0.15, -0.1) is 0 Å². The van der Waals surface area contributed by atoms with Gasteiger partial charge >= 0.3 is 0 Å². The first-order valence-electron chi connectivity index (χ1n) is 14.2. The van der Waals surface area contributed by atoms with E-state index in [4.69, 9.17) is 4.74 Å². The van der Waals surface area contributed by atoms with Gasteiger partial charge in [0.25, 0.3) is 0 Å². The lowest BCUT2D eigenvalue weighted by molar-refractivity contribution is -0.00504. The second-order valence-electron chi connectivity index (χ2n) is 9.48. The molecule has 9 nitrogen and oxygen atoms in total. The molecule has 2 heterocycles. The van der Waals surface area contributed by atoms with Crippen molar-refractivity contribution in [3.63, 3.8) is 0 Å².